The maximum Gasteiger partial charge on any atom is 0.326 e. The molecule has 10 heteroatoms. The minimum Gasteiger partial charge on any atom is -0.303 e. The van der Waals surface area contributed by atoms with Crippen molar-refractivity contribution in [3.05, 3.63) is 126 Å². The van der Waals surface area contributed by atoms with E-state index in [2.05, 4.69) is 36.4 Å². The fraction of sp³-hybridized carbons (Fsp3) is 0.222. The van der Waals surface area contributed by atoms with E-state index in [9.17, 15) is 22.0 Å². The first kappa shape index (κ1) is 29.9. The van der Waals surface area contributed by atoms with Gasteiger partial charge in [-0.2, -0.15) is 8.42 Å². The molecule has 2 aliphatic rings. The molecule has 1 saturated carbocycles. The molecule has 234 valence electrons. The Morgan fingerprint density at radius 3 is 2.20 bits per heavy atom. The summed E-state index contributed by atoms with van der Waals surface area (Å²) in [5, 5.41) is 0. The van der Waals surface area contributed by atoms with E-state index in [0.29, 0.717) is 35.2 Å². The van der Waals surface area contributed by atoms with E-state index in [1.165, 1.54) is 49.8 Å². The standard InChI is InChI=1S/C36H32F2N4O3S/c37-29-17-18-32(33(38)20-29)34-22-41(30-7-4-8-31(21-30)42-23-36(43)40-46(42,44)45)35(39-34)19-24-9-11-26(12-10-24)28-15-13-27(14-16-28)25-5-2-1-3-6-25/h4,7-18,20-22,25H,1-3,5-6,19,23H2,(H,40,43). The minimum atomic E-state index is -4.01. The van der Waals surface area contributed by atoms with Gasteiger partial charge in [-0.1, -0.05) is 73.9 Å². The summed E-state index contributed by atoms with van der Waals surface area (Å²) in [6.07, 6.45) is 8.49. The fourth-order valence-corrected chi connectivity index (χ4v) is 7.59. The Hall–Kier alpha value is -4.83. The van der Waals surface area contributed by atoms with Crippen molar-refractivity contribution < 1.29 is 22.0 Å². The van der Waals surface area contributed by atoms with E-state index in [1.54, 1.807) is 35.0 Å². The molecule has 0 atom stereocenters. The van der Waals surface area contributed by atoms with Crippen LogP contribution in [-0.4, -0.2) is 30.4 Å². The number of aromatic nitrogens is 2. The maximum atomic E-state index is 14.8. The number of rotatable bonds is 7. The van der Waals surface area contributed by atoms with Gasteiger partial charge in [-0.3, -0.25) is 4.79 Å². The smallest absolute Gasteiger partial charge is 0.303 e. The highest BCUT2D eigenvalue weighted by Crippen LogP contribution is 2.34. The lowest BCUT2D eigenvalue weighted by atomic mass is 9.83. The fourth-order valence-electron chi connectivity index (χ4n) is 6.45. The number of hydrogen-bond donors (Lipinski definition) is 1. The number of hydrogen-bond acceptors (Lipinski definition) is 4. The number of anilines is 1. The SMILES string of the molecule is O=C1CN(c2cccc(-n3cc(-c4ccc(F)cc4F)nc3Cc3ccc(-c4ccc(C5CCCCC5)cc4)cc3)c2)S(=O)(=O)N1. The minimum absolute atomic E-state index is 0.140. The molecule has 5 aromatic rings. The van der Waals surface area contributed by atoms with Crippen molar-refractivity contribution in [1.82, 2.24) is 14.3 Å². The predicted octanol–water partition coefficient (Wildman–Crippen LogP) is 7.30. The van der Waals surface area contributed by atoms with Gasteiger partial charge in [0.25, 0.3) is 5.91 Å². The normalized spacial score (nSPS) is 16.5. The summed E-state index contributed by atoms with van der Waals surface area (Å²) in [7, 11) is -4.01. The van der Waals surface area contributed by atoms with Crippen LogP contribution in [0.2, 0.25) is 0 Å². The highest BCUT2D eigenvalue weighted by molar-refractivity contribution is 7.92. The Morgan fingerprint density at radius 2 is 1.52 bits per heavy atom. The third-order valence-electron chi connectivity index (χ3n) is 8.84. The molecule has 1 aliphatic heterocycles. The van der Waals surface area contributed by atoms with Crippen LogP contribution in [-0.2, 0) is 21.4 Å². The molecular formula is C36H32F2N4O3S. The van der Waals surface area contributed by atoms with Crippen LogP contribution in [0.4, 0.5) is 14.5 Å². The topological polar surface area (TPSA) is 84.3 Å². The van der Waals surface area contributed by atoms with E-state index in [4.69, 9.17) is 4.98 Å². The third-order valence-corrected chi connectivity index (χ3v) is 10.2. The average Bonchev–Trinajstić information content (AvgIpc) is 3.60. The van der Waals surface area contributed by atoms with Crippen LogP contribution in [0.5, 0.6) is 0 Å². The second-order valence-corrected chi connectivity index (χ2v) is 13.5. The summed E-state index contributed by atoms with van der Waals surface area (Å²) < 4.78 is 58.3. The summed E-state index contributed by atoms with van der Waals surface area (Å²) >= 11 is 0. The van der Waals surface area contributed by atoms with Crippen LogP contribution in [0.1, 0.15) is 55.0 Å². The van der Waals surface area contributed by atoms with Gasteiger partial charge in [0.2, 0.25) is 0 Å². The van der Waals surface area contributed by atoms with Gasteiger partial charge in [-0.15, -0.1) is 0 Å². The molecule has 7 nitrogen and oxygen atoms in total. The van der Waals surface area contributed by atoms with E-state index < -0.39 is 27.8 Å². The summed E-state index contributed by atoms with van der Waals surface area (Å²) in [5.74, 6) is -0.823. The van der Waals surface area contributed by atoms with E-state index in [1.807, 2.05) is 16.9 Å². The molecule has 1 aliphatic carbocycles. The molecule has 2 heterocycles. The van der Waals surface area contributed by atoms with Crippen molar-refractivity contribution in [2.75, 3.05) is 10.8 Å². The van der Waals surface area contributed by atoms with Crippen molar-refractivity contribution in [3.63, 3.8) is 0 Å². The highest BCUT2D eigenvalue weighted by atomic mass is 32.2. The summed E-state index contributed by atoms with van der Waals surface area (Å²) in [6, 6.07) is 27.1. The number of amides is 1. The lowest BCUT2D eigenvalue weighted by Gasteiger charge is -2.22. The molecule has 0 unspecified atom stereocenters. The Kier molecular flexibility index (Phi) is 7.90. The number of carbonyl (C=O) groups is 1. The average molecular weight is 639 g/mol. The van der Waals surface area contributed by atoms with Crippen LogP contribution in [0.25, 0.3) is 28.1 Å². The number of halogens is 2. The number of carbonyl (C=O) groups excluding carboxylic acids is 1. The molecule has 1 saturated heterocycles. The third kappa shape index (κ3) is 6.04. The maximum absolute atomic E-state index is 14.8. The van der Waals surface area contributed by atoms with Crippen molar-refractivity contribution in [2.45, 2.75) is 44.4 Å². The van der Waals surface area contributed by atoms with Gasteiger partial charge >= 0.3 is 10.2 Å². The number of nitrogens with one attached hydrogen (secondary N) is 1. The van der Waals surface area contributed by atoms with Crippen LogP contribution >= 0.6 is 0 Å². The lowest BCUT2D eigenvalue weighted by molar-refractivity contribution is -0.117. The quantitative estimate of drug-likeness (QED) is 0.203. The number of imidazole rings is 1. The van der Waals surface area contributed by atoms with Crippen molar-refractivity contribution in [1.29, 1.82) is 0 Å². The van der Waals surface area contributed by atoms with Crippen molar-refractivity contribution in [3.8, 4) is 28.1 Å². The zero-order valence-electron chi connectivity index (χ0n) is 25.0. The zero-order valence-corrected chi connectivity index (χ0v) is 25.8. The lowest BCUT2D eigenvalue weighted by Crippen LogP contribution is -2.29. The van der Waals surface area contributed by atoms with Crippen LogP contribution in [0, 0.1) is 11.6 Å². The second-order valence-electron chi connectivity index (χ2n) is 11.9. The van der Waals surface area contributed by atoms with Gasteiger partial charge in [-0.25, -0.2) is 22.8 Å². The molecule has 1 aromatic heterocycles. The monoisotopic (exact) mass is 638 g/mol. The molecule has 1 N–H and O–H groups in total. The summed E-state index contributed by atoms with van der Waals surface area (Å²) in [6.45, 7) is -0.329. The molecular weight excluding hydrogens is 606 g/mol. The van der Waals surface area contributed by atoms with Gasteiger partial charge < -0.3 is 4.57 Å². The first-order valence-electron chi connectivity index (χ1n) is 15.4. The van der Waals surface area contributed by atoms with Gasteiger partial charge in [0.05, 0.1) is 11.4 Å². The van der Waals surface area contributed by atoms with Crippen LogP contribution in [0.3, 0.4) is 0 Å². The van der Waals surface area contributed by atoms with E-state index >= 15 is 0 Å². The summed E-state index contributed by atoms with van der Waals surface area (Å²) in [5.41, 5.74) is 5.92. The molecule has 2 fully saturated rings. The zero-order chi connectivity index (χ0) is 31.8. The van der Waals surface area contributed by atoms with E-state index in [0.717, 1.165) is 27.1 Å². The molecule has 1 amide bonds. The van der Waals surface area contributed by atoms with Gasteiger partial charge in [0.1, 0.15) is 24.0 Å². The molecule has 7 rings (SSSR count). The second kappa shape index (κ2) is 12.2. The predicted molar refractivity (Wildman–Crippen MR) is 174 cm³/mol. The molecule has 4 aromatic carbocycles. The van der Waals surface area contributed by atoms with Crippen LogP contribution < -0.4 is 9.03 Å². The molecule has 46 heavy (non-hydrogen) atoms. The highest BCUT2D eigenvalue weighted by Gasteiger charge is 2.34. The number of benzene rings is 4. The van der Waals surface area contributed by atoms with E-state index in [-0.39, 0.29) is 12.1 Å². The van der Waals surface area contributed by atoms with Crippen LogP contribution in [0.15, 0.2) is 97.2 Å². The van der Waals surface area contributed by atoms with Crippen molar-refractivity contribution in [2.24, 2.45) is 0 Å². The molecule has 0 spiro atoms. The first-order chi connectivity index (χ1) is 22.2. The molecule has 0 radical (unpaired) electrons. The Morgan fingerprint density at radius 1 is 0.826 bits per heavy atom. The molecule has 0 bridgehead atoms. The van der Waals surface area contributed by atoms with Crippen molar-refractivity contribution >= 4 is 21.8 Å². The Bertz CT molecular complexity index is 2020. The first-order valence-corrected chi connectivity index (χ1v) is 16.8. The summed E-state index contributed by atoms with van der Waals surface area (Å²) in [4.78, 5) is 16.6. The van der Waals surface area contributed by atoms with Gasteiger partial charge in [-0.05, 0) is 71.3 Å². The Labute approximate surface area is 266 Å². The van der Waals surface area contributed by atoms with Gasteiger partial charge in [0, 0.05) is 29.9 Å². The number of nitrogens with zero attached hydrogens (tertiary/aromatic N) is 3. The van der Waals surface area contributed by atoms with Gasteiger partial charge in [0.15, 0.2) is 0 Å². The Balaban J connectivity index is 1.20. The largest absolute Gasteiger partial charge is 0.326 e.